The van der Waals surface area contributed by atoms with Gasteiger partial charge in [-0.1, -0.05) is 30.8 Å². The van der Waals surface area contributed by atoms with E-state index >= 15 is 0 Å². The molecule has 0 saturated carbocycles. The zero-order chi connectivity index (χ0) is 14.1. The van der Waals surface area contributed by atoms with Gasteiger partial charge in [-0.25, -0.2) is 0 Å². The lowest BCUT2D eigenvalue weighted by Gasteiger charge is -2.25. The first-order valence-corrected chi connectivity index (χ1v) is 7.22. The number of rotatable bonds is 2. The van der Waals surface area contributed by atoms with Crippen molar-refractivity contribution >= 4 is 17.5 Å². The van der Waals surface area contributed by atoms with Gasteiger partial charge in [0.25, 0.3) is 0 Å². The van der Waals surface area contributed by atoms with E-state index in [1.807, 2.05) is 48.5 Å². The quantitative estimate of drug-likeness (QED) is 0.769. The molecule has 1 aliphatic rings. The van der Waals surface area contributed by atoms with Gasteiger partial charge in [0.05, 0.1) is 12.4 Å². The van der Waals surface area contributed by atoms with Gasteiger partial charge in [-0.3, -0.25) is 4.79 Å². The highest BCUT2D eigenvalue weighted by molar-refractivity contribution is 8.00. The molecule has 0 saturated heterocycles. The summed E-state index contributed by atoms with van der Waals surface area (Å²) in [5, 5.41) is -0.0247. The molecule has 0 amide bonds. The lowest BCUT2D eigenvalue weighted by molar-refractivity contribution is 0.102. The smallest absolute Gasteiger partial charge is 0.191 e. The molecule has 0 spiro atoms. The Morgan fingerprint density at radius 1 is 1.10 bits per heavy atom. The topological polar surface area (TPSA) is 26.3 Å². The number of fused-ring (bicyclic) bond motifs is 1. The summed E-state index contributed by atoms with van der Waals surface area (Å²) in [5.74, 6) is 0.854. The van der Waals surface area contributed by atoms with Gasteiger partial charge in [0.2, 0.25) is 0 Å². The third-order valence-electron chi connectivity index (χ3n) is 3.40. The van der Waals surface area contributed by atoms with Crippen LogP contribution in [-0.2, 0) is 0 Å². The van der Waals surface area contributed by atoms with E-state index in [0.29, 0.717) is 5.57 Å². The van der Waals surface area contributed by atoms with Crippen LogP contribution in [0.3, 0.4) is 0 Å². The van der Waals surface area contributed by atoms with E-state index in [4.69, 9.17) is 4.74 Å². The zero-order valence-electron chi connectivity index (χ0n) is 11.1. The highest BCUT2D eigenvalue weighted by Crippen LogP contribution is 2.46. The summed E-state index contributed by atoms with van der Waals surface area (Å²) in [6.07, 6.45) is 0. The van der Waals surface area contributed by atoms with Crippen LogP contribution < -0.4 is 4.74 Å². The van der Waals surface area contributed by atoms with E-state index in [-0.39, 0.29) is 11.0 Å². The van der Waals surface area contributed by atoms with E-state index < -0.39 is 0 Å². The predicted octanol–water partition coefficient (Wildman–Crippen LogP) is 4.28. The van der Waals surface area contributed by atoms with Gasteiger partial charge < -0.3 is 4.74 Å². The minimum Gasteiger partial charge on any atom is -0.497 e. The predicted molar refractivity (Wildman–Crippen MR) is 81.5 cm³/mol. The van der Waals surface area contributed by atoms with Gasteiger partial charge in [-0.15, -0.1) is 11.8 Å². The van der Waals surface area contributed by atoms with Crippen molar-refractivity contribution in [1.82, 2.24) is 0 Å². The second-order valence-corrected chi connectivity index (χ2v) is 5.77. The molecule has 0 fully saturated rings. The third kappa shape index (κ3) is 2.14. The molecule has 0 aromatic heterocycles. The molecule has 0 N–H and O–H groups in total. The van der Waals surface area contributed by atoms with E-state index in [9.17, 15) is 4.79 Å². The molecule has 2 aromatic rings. The number of methoxy groups -OCH3 is 1. The molecule has 0 aliphatic carbocycles. The largest absolute Gasteiger partial charge is 0.497 e. The van der Waals surface area contributed by atoms with Crippen molar-refractivity contribution in [2.24, 2.45) is 0 Å². The molecule has 2 aromatic carbocycles. The van der Waals surface area contributed by atoms with Crippen LogP contribution in [0.15, 0.2) is 65.6 Å². The number of Topliss-reactive ketones (excluding diaryl/α,β-unsaturated/α-hetero) is 1. The first-order chi connectivity index (χ1) is 9.70. The van der Waals surface area contributed by atoms with Crippen molar-refractivity contribution < 1.29 is 9.53 Å². The average Bonchev–Trinajstić information content (AvgIpc) is 2.51. The van der Waals surface area contributed by atoms with E-state index in [1.165, 1.54) is 0 Å². The van der Waals surface area contributed by atoms with Crippen molar-refractivity contribution in [1.29, 1.82) is 0 Å². The van der Waals surface area contributed by atoms with E-state index in [1.54, 1.807) is 18.9 Å². The minimum atomic E-state index is -0.0247. The maximum absolute atomic E-state index is 12.4. The van der Waals surface area contributed by atoms with Crippen LogP contribution >= 0.6 is 11.8 Å². The molecule has 0 radical (unpaired) electrons. The molecule has 1 aliphatic heterocycles. The van der Waals surface area contributed by atoms with E-state index in [0.717, 1.165) is 21.8 Å². The second kappa shape index (κ2) is 5.17. The molecule has 3 rings (SSSR count). The first-order valence-electron chi connectivity index (χ1n) is 6.34. The summed E-state index contributed by atoms with van der Waals surface area (Å²) >= 11 is 1.67. The van der Waals surface area contributed by atoms with Crippen molar-refractivity contribution in [2.75, 3.05) is 7.11 Å². The van der Waals surface area contributed by atoms with Crippen LogP contribution in [0, 0.1) is 0 Å². The van der Waals surface area contributed by atoms with Gasteiger partial charge in [0.15, 0.2) is 5.78 Å². The van der Waals surface area contributed by atoms with Crippen LogP contribution in [0.25, 0.3) is 0 Å². The van der Waals surface area contributed by atoms with Crippen molar-refractivity contribution in [3.8, 4) is 5.75 Å². The van der Waals surface area contributed by atoms with Crippen molar-refractivity contribution in [3.63, 3.8) is 0 Å². The molecule has 0 bridgehead atoms. The Hall–Kier alpha value is -2.00. The Morgan fingerprint density at radius 2 is 1.80 bits per heavy atom. The molecule has 1 atom stereocenters. The highest BCUT2D eigenvalue weighted by Gasteiger charge is 2.30. The van der Waals surface area contributed by atoms with Gasteiger partial charge in [0.1, 0.15) is 5.75 Å². The zero-order valence-corrected chi connectivity index (χ0v) is 11.9. The Kier molecular flexibility index (Phi) is 3.36. The summed E-state index contributed by atoms with van der Waals surface area (Å²) in [6, 6.07) is 15.5. The third-order valence-corrected chi connectivity index (χ3v) is 4.81. The van der Waals surface area contributed by atoms with Gasteiger partial charge in [-0.05, 0) is 29.8 Å². The summed E-state index contributed by atoms with van der Waals surface area (Å²) < 4.78 is 5.16. The number of carbonyl (C=O) groups is 1. The molecule has 1 heterocycles. The molecular formula is C17H14O2S. The molecule has 20 heavy (non-hydrogen) atoms. The normalized spacial score (nSPS) is 17.8. The van der Waals surface area contributed by atoms with Crippen LogP contribution in [0.2, 0.25) is 0 Å². The van der Waals surface area contributed by atoms with Crippen LogP contribution in [0.5, 0.6) is 5.75 Å². The molecule has 100 valence electrons. The fourth-order valence-corrected chi connectivity index (χ4v) is 3.54. The summed E-state index contributed by atoms with van der Waals surface area (Å²) in [7, 11) is 1.64. The standard InChI is InChI=1S/C17H14O2S/c1-11-16(18)14-5-3-4-6-15(14)20-17(11)12-7-9-13(19-2)10-8-12/h3-10,17H,1H2,2H3. The minimum absolute atomic E-state index is 0.0247. The Balaban J connectivity index is 1.99. The van der Waals surface area contributed by atoms with Crippen LogP contribution in [-0.4, -0.2) is 12.9 Å². The summed E-state index contributed by atoms with van der Waals surface area (Å²) in [6.45, 7) is 3.99. The van der Waals surface area contributed by atoms with Crippen molar-refractivity contribution in [2.45, 2.75) is 10.1 Å². The van der Waals surface area contributed by atoms with Crippen LogP contribution in [0.4, 0.5) is 0 Å². The average molecular weight is 282 g/mol. The lowest BCUT2D eigenvalue weighted by atomic mass is 9.97. The molecular weight excluding hydrogens is 268 g/mol. The molecule has 2 nitrogen and oxygen atoms in total. The number of ketones is 1. The van der Waals surface area contributed by atoms with Gasteiger partial charge in [0, 0.05) is 16.0 Å². The number of carbonyl (C=O) groups excluding carboxylic acids is 1. The Labute approximate surface area is 122 Å². The maximum Gasteiger partial charge on any atom is 0.191 e. The fraction of sp³-hybridized carbons (Fsp3) is 0.118. The van der Waals surface area contributed by atoms with E-state index in [2.05, 4.69) is 6.58 Å². The van der Waals surface area contributed by atoms with Gasteiger partial charge >= 0.3 is 0 Å². The lowest BCUT2D eigenvalue weighted by Crippen LogP contribution is -2.15. The first kappa shape index (κ1) is 13.0. The van der Waals surface area contributed by atoms with Gasteiger partial charge in [-0.2, -0.15) is 0 Å². The monoisotopic (exact) mass is 282 g/mol. The van der Waals surface area contributed by atoms with Crippen molar-refractivity contribution in [3.05, 3.63) is 71.8 Å². The molecule has 3 heteroatoms. The molecule has 1 unspecified atom stereocenters. The SMILES string of the molecule is C=C1C(=O)c2ccccc2SC1c1ccc(OC)cc1. The highest BCUT2D eigenvalue weighted by atomic mass is 32.2. The Bertz CT molecular complexity index is 674. The Morgan fingerprint density at radius 3 is 2.50 bits per heavy atom. The fourth-order valence-electron chi connectivity index (χ4n) is 2.30. The number of thioether (sulfide) groups is 1. The number of benzene rings is 2. The number of hydrogen-bond acceptors (Lipinski definition) is 3. The maximum atomic E-state index is 12.4. The second-order valence-electron chi connectivity index (χ2n) is 4.62. The van der Waals surface area contributed by atoms with Crippen LogP contribution in [0.1, 0.15) is 21.2 Å². The number of hydrogen-bond donors (Lipinski definition) is 0. The summed E-state index contributed by atoms with van der Waals surface area (Å²) in [4.78, 5) is 13.4. The summed E-state index contributed by atoms with van der Waals surface area (Å²) in [5.41, 5.74) is 2.47. The number of ether oxygens (including phenoxy) is 1.